The van der Waals surface area contributed by atoms with Crippen molar-refractivity contribution in [2.24, 2.45) is 0 Å². The van der Waals surface area contributed by atoms with Crippen molar-refractivity contribution in [1.82, 2.24) is 20.5 Å². The number of aliphatic hydroxyl groups excluding tert-OH is 1. The summed E-state index contributed by atoms with van der Waals surface area (Å²) in [6.07, 6.45) is 4.71. The molecule has 1 atom stereocenters. The molecule has 0 saturated heterocycles. The quantitative estimate of drug-likeness (QED) is 0.621. The molecule has 0 aliphatic heterocycles. The zero-order chi connectivity index (χ0) is 16.8. The van der Waals surface area contributed by atoms with E-state index in [4.69, 9.17) is 4.74 Å². The SMILES string of the molecule is COc1cccc(C(O)CNCc2cn[nH]c2-c2cccnc2)c1. The molecule has 0 saturated carbocycles. The molecule has 0 spiro atoms. The van der Waals surface area contributed by atoms with Gasteiger partial charge in [0.25, 0.3) is 0 Å². The number of hydrogen-bond acceptors (Lipinski definition) is 5. The summed E-state index contributed by atoms with van der Waals surface area (Å²) in [5, 5.41) is 20.7. The molecule has 124 valence electrons. The van der Waals surface area contributed by atoms with Crippen LogP contribution >= 0.6 is 0 Å². The van der Waals surface area contributed by atoms with Gasteiger partial charge in [0, 0.05) is 36.6 Å². The molecule has 0 aliphatic carbocycles. The summed E-state index contributed by atoms with van der Waals surface area (Å²) in [7, 11) is 1.61. The standard InChI is InChI=1S/C18H20N4O2/c1-24-16-6-2-4-13(8-16)17(23)12-20-10-15-11-21-22-18(15)14-5-3-7-19-9-14/h2-9,11,17,20,23H,10,12H2,1H3,(H,21,22). The zero-order valence-corrected chi connectivity index (χ0v) is 13.4. The van der Waals surface area contributed by atoms with Gasteiger partial charge in [-0.3, -0.25) is 10.1 Å². The first kappa shape index (κ1) is 16.2. The number of H-pyrrole nitrogens is 1. The minimum Gasteiger partial charge on any atom is -0.497 e. The third-order valence-corrected chi connectivity index (χ3v) is 3.80. The number of aromatic nitrogens is 3. The van der Waals surface area contributed by atoms with Crippen LogP contribution < -0.4 is 10.1 Å². The second-order valence-corrected chi connectivity index (χ2v) is 5.44. The average Bonchev–Trinajstić information content (AvgIpc) is 3.11. The van der Waals surface area contributed by atoms with E-state index < -0.39 is 6.10 Å². The smallest absolute Gasteiger partial charge is 0.119 e. The Kier molecular flexibility index (Phi) is 5.20. The van der Waals surface area contributed by atoms with Gasteiger partial charge in [-0.1, -0.05) is 12.1 Å². The van der Waals surface area contributed by atoms with Gasteiger partial charge >= 0.3 is 0 Å². The molecule has 3 aromatic rings. The van der Waals surface area contributed by atoms with Gasteiger partial charge in [0.2, 0.25) is 0 Å². The second-order valence-electron chi connectivity index (χ2n) is 5.44. The molecule has 2 heterocycles. The lowest BCUT2D eigenvalue weighted by Crippen LogP contribution is -2.21. The van der Waals surface area contributed by atoms with Crippen LogP contribution in [0.4, 0.5) is 0 Å². The molecule has 2 aromatic heterocycles. The number of rotatable bonds is 7. The molecule has 0 bridgehead atoms. The highest BCUT2D eigenvalue weighted by Gasteiger charge is 2.11. The van der Waals surface area contributed by atoms with Crippen LogP contribution in [0.1, 0.15) is 17.2 Å². The van der Waals surface area contributed by atoms with E-state index in [1.807, 2.05) is 36.4 Å². The van der Waals surface area contributed by atoms with Crippen LogP contribution in [-0.4, -0.2) is 33.9 Å². The fraction of sp³-hybridized carbons (Fsp3) is 0.222. The van der Waals surface area contributed by atoms with Crippen molar-refractivity contribution in [2.45, 2.75) is 12.6 Å². The van der Waals surface area contributed by atoms with E-state index in [1.54, 1.807) is 25.7 Å². The van der Waals surface area contributed by atoms with Gasteiger partial charge in [-0.15, -0.1) is 0 Å². The maximum atomic E-state index is 10.3. The molecule has 1 unspecified atom stereocenters. The van der Waals surface area contributed by atoms with Crippen molar-refractivity contribution in [1.29, 1.82) is 0 Å². The number of benzene rings is 1. The van der Waals surface area contributed by atoms with Gasteiger partial charge in [0.15, 0.2) is 0 Å². The first-order valence-electron chi connectivity index (χ1n) is 7.73. The topological polar surface area (TPSA) is 83.1 Å². The molecule has 6 heteroatoms. The molecular formula is C18H20N4O2. The number of pyridine rings is 1. The average molecular weight is 324 g/mol. The van der Waals surface area contributed by atoms with E-state index in [0.717, 1.165) is 28.1 Å². The predicted molar refractivity (Wildman–Crippen MR) is 91.5 cm³/mol. The molecule has 0 radical (unpaired) electrons. The Balaban J connectivity index is 1.60. The Morgan fingerprint density at radius 2 is 2.17 bits per heavy atom. The van der Waals surface area contributed by atoms with Crippen molar-refractivity contribution < 1.29 is 9.84 Å². The summed E-state index contributed by atoms with van der Waals surface area (Å²) >= 11 is 0. The van der Waals surface area contributed by atoms with Crippen molar-refractivity contribution in [3.63, 3.8) is 0 Å². The summed E-state index contributed by atoms with van der Waals surface area (Å²) in [6.45, 7) is 1.03. The normalized spacial score (nSPS) is 12.1. The Morgan fingerprint density at radius 3 is 2.96 bits per heavy atom. The minimum absolute atomic E-state index is 0.435. The monoisotopic (exact) mass is 324 g/mol. The molecule has 3 rings (SSSR count). The fourth-order valence-electron chi connectivity index (χ4n) is 2.52. The van der Waals surface area contributed by atoms with Gasteiger partial charge in [-0.2, -0.15) is 5.10 Å². The number of hydrogen-bond donors (Lipinski definition) is 3. The molecule has 0 fully saturated rings. The van der Waals surface area contributed by atoms with E-state index in [1.165, 1.54) is 0 Å². The predicted octanol–water partition coefficient (Wildman–Crippen LogP) is 2.30. The fourth-order valence-corrected chi connectivity index (χ4v) is 2.52. The van der Waals surface area contributed by atoms with Crippen LogP contribution in [0.3, 0.4) is 0 Å². The number of nitrogens with one attached hydrogen (secondary N) is 2. The molecule has 24 heavy (non-hydrogen) atoms. The van der Waals surface area contributed by atoms with Crippen molar-refractivity contribution in [2.75, 3.05) is 13.7 Å². The molecular weight excluding hydrogens is 304 g/mol. The van der Waals surface area contributed by atoms with Crippen LogP contribution in [0.5, 0.6) is 5.75 Å². The van der Waals surface area contributed by atoms with Crippen LogP contribution in [0.25, 0.3) is 11.3 Å². The first-order chi connectivity index (χ1) is 11.8. The molecule has 3 N–H and O–H groups in total. The number of ether oxygens (including phenoxy) is 1. The highest BCUT2D eigenvalue weighted by atomic mass is 16.5. The minimum atomic E-state index is -0.603. The third-order valence-electron chi connectivity index (χ3n) is 3.80. The van der Waals surface area contributed by atoms with Gasteiger partial charge in [-0.25, -0.2) is 0 Å². The van der Waals surface area contributed by atoms with Crippen LogP contribution in [-0.2, 0) is 6.54 Å². The largest absolute Gasteiger partial charge is 0.497 e. The van der Waals surface area contributed by atoms with Crippen LogP contribution in [0.15, 0.2) is 55.0 Å². The van der Waals surface area contributed by atoms with Crippen molar-refractivity contribution >= 4 is 0 Å². The van der Waals surface area contributed by atoms with Crippen molar-refractivity contribution in [3.8, 4) is 17.0 Å². The summed E-state index contributed by atoms with van der Waals surface area (Å²) in [5.74, 6) is 0.736. The number of aromatic amines is 1. The lowest BCUT2D eigenvalue weighted by atomic mass is 10.1. The number of aliphatic hydroxyl groups is 1. The summed E-state index contributed by atoms with van der Waals surface area (Å²) in [6, 6.07) is 11.3. The van der Waals surface area contributed by atoms with Crippen LogP contribution in [0.2, 0.25) is 0 Å². The lowest BCUT2D eigenvalue weighted by molar-refractivity contribution is 0.174. The maximum absolute atomic E-state index is 10.3. The first-order valence-corrected chi connectivity index (χ1v) is 7.73. The number of methoxy groups -OCH3 is 1. The van der Waals surface area contributed by atoms with Gasteiger partial charge in [0.05, 0.1) is 25.1 Å². The molecule has 6 nitrogen and oxygen atoms in total. The van der Waals surface area contributed by atoms with E-state index in [0.29, 0.717) is 13.1 Å². The second kappa shape index (κ2) is 7.72. The Labute approximate surface area is 140 Å². The molecule has 0 amide bonds. The van der Waals surface area contributed by atoms with Crippen molar-refractivity contribution in [3.05, 3.63) is 66.1 Å². The number of nitrogens with zero attached hydrogens (tertiary/aromatic N) is 2. The van der Waals surface area contributed by atoms with E-state index in [9.17, 15) is 5.11 Å². The summed E-state index contributed by atoms with van der Waals surface area (Å²) in [5.41, 5.74) is 3.77. The van der Waals surface area contributed by atoms with Crippen LogP contribution in [0, 0.1) is 0 Å². The van der Waals surface area contributed by atoms with E-state index in [-0.39, 0.29) is 0 Å². The van der Waals surface area contributed by atoms with E-state index >= 15 is 0 Å². The Morgan fingerprint density at radius 1 is 1.25 bits per heavy atom. The maximum Gasteiger partial charge on any atom is 0.119 e. The lowest BCUT2D eigenvalue weighted by Gasteiger charge is -2.13. The molecule has 0 aliphatic rings. The highest BCUT2D eigenvalue weighted by Crippen LogP contribution is 2.21. The molecule has 1 aromatic carbocycles. The zero-order valence-electron chi connectivity index (χ0n) is 13.4. The van der Waals surface area contributed by atoms with Gasteiger partial charge in [-0.05, 0) is 29.8 Å². The highest BCUT2D eigenvalue weighted by molar-refractivity contribution is 5.61. The van der Waals surface area contributed by atoms with Gasteiger partial charge < -0.3 is 15.2 Å². The Hall–Kier alpha value is -2.70. The van der Waals surface area contributed by atoms with Gasteiger partial charge in [0.1, 0.15) is 5.75 Å². The van der Waals surface area contributed by atoms with E-state index in [2.05, 4.69) is 20.5 Å². The summed E-state index contributed by atoms with van der Waals surface area (Å²) < 4.78 is 5.18. The Bertz CT molecular complexity index is 773. The third kappa shape index (κ3) is 3.79. The summed E-state index contributed by atoms with van der Waals surface area (Å²) in [4.78, 5) is 4.13.